The number of halogens is 1. The van der Waals surface area contributed by atoms with E-state index >= 15 is 0 Å². The Balaban J connectivity index is 2.30. The molecule has 3 aromatic rings. The molecule has 0 fully saturated rings. The standard InChI is InChI=1S/C16H12ClN3/c1-11-5-7-12(8-6-11)16-13(9-10-18)20-14(17)3-2-4-15(20)19-16/h2-8H,9H2,1H3. The maximum absolute atomic E-state index is 9.07. The highest BCUT2D eigenvalue weighted by molar-refractivity contribution is 6.29. The van der Waals surface area contributed by atoms with Crippen LogP contribution >= 0.6 is 11.6 Å². The van der Waals surface area contributed by atoms with Crippen LogP contribution in [0, 0.1) is 18.3 Å². The van der Waals surface area contributed by atoms with E-state index in [4.69, 9.17) is 16.9 Å². The molecular weight excluding hydrogens is 270 g/mol. The monoisotopic (exact) mass is 281 g/mol. The van der Waals surface area contributed by atoms with Crippen LogP contribution in [-0.2, 0) is 6.42 Å². The van der Waals surface area contributed by atoms with Crippen molar-refractivity contribution in [3.8, 4) is 17.3 Å². The summed E-state index contributed by atoms with van der Waals surface area (Å²) < 4.78 is 1.83. The predicted molar refractivity (Wildman–Crippen MR) is 79.7 cm³/mol. The molecule has 0 spiro atoms. The van der Waals surface area contributed by atoms with Crippen LogP contribution in [-0.4, -0.2) is 9.38 Å². The zero-order valence-electron chi connectivity index (χ0n) is 11.0. The summed E-state index contributed by atoms with van der Waals surface area (Å²) in [7, 11) is 0. The van der Waals surface area contributed by atoms with Gasteiger partial charge in [0.15, 0.2) is 0 Å². The van der Waals surface area contributed by atoms with Gasteiger partial charge in [0.1, 0.15) is 10.8 Å². The molecule has 4 heteroatoms. The van der Waals surface area contributed by atoms with Crippen molar-refractivity contribution < 1.29 is 0 Å². The van der Waals surface area contributed by atoms with E-state index in [0.717, 1.165) is 22.6 Å². The first kappa shape index (κ1) is 12.7. The van der Waals surface area contributed by atoms with Crippen molar-refractivity contribution in [3.05, 3.63) is 58.9 Å². The number of aromatic nitrogens is 2. The Morgan fingerprint density at radius 3 is 2.65 bits per heavy atom. The lowest BCUT2D eigenvalue weighted by Crippen LogP contribution is -1.94. The molecule has 2 heterocycles. The van der Waals surface area contributed by atoms with E-state index < -0.39 is 0 Å². The lowest BCUT2D eigenvalue weighted by atomic mass is 10.1. The van der Waals surface area contributed by atoms with Crippen molar-refractivity contribution in [3.63, 3.8) is 0 Å². The summed E-state index contributed by atoms with van der Waals surface area (Å²) in [6.07, 6.45) is 0.272. The second kappa shape index (κ2) is 4.99. The Labute approximate surface area is 122 Å². The van der Waals surface area contributed by atoms with Gasteiger partial charge in [0, 0.05) is 5.56 Å². The maximum Gasteiger partial charge on any atom is 0.138 e. The number of benzene rings is 1. The molecule has 0 aliphatic rings. The van der Waals surface area contributed by atoms with Gasteiger partial charge in [0.25, 0.3) is 0 Å². The molecule has 1 aromatic carbocycles. The molecule has 0 unspecified atom stereocenters. The fourth-order valence-electron chi connectivity index (χ4n) is 2.29. The first-order valence-electron chi connectivity index (χ1n) is 6.30. The molecule has 0 saturated heterocycles. The van der Waals surface area contributed by atoms with Crippen LogP contribution in [0.5, 0.6) is 0 Å². The molecule has 3 nitrogen and oxygen atoms in total. The third kappa shape index (κ3) is 2.04. The van der Waals surface area contributed by atoms with Crippen LogP contribution in [0.2, 0.25) is 5.15 Å². The zero-order valence-corrected chi connectivity index (χ0v) is 11.7. The lowest BCUT2D eigenvalue weighted by Gasteiger charge is -2.03. The smallest absolute Gasteiger partial charge is 0.138 e. The van der Waals surface area contributed by atoms with Crippen LogP contribution in [0.3, 0.4) is 0 Å². The Hall–Kier alpha value is -2.31. The largest absolute Gasteiger partial charge is 0.285 e. The number of hydrogen-bond acceptors (Lipinski definition) is 2. The van der Waals surface area contributed by atoms with Gasteiger partial charge < -0.3 is 0 Å². The number of nitriles is 1. The maximum atomic E-state index is 9.07. The summed E-state index contributed by atoms with van der Waals surface area (Å²) in [6, 6.07) is 15.9. The van der Waals surface area contributed by atoms with Crippen molar-refractivity contribution in [1.82, 2.24) is 9.38 Å². The summed E-state index contributed by atoms with van der Waals surface area (Å²) in [4.78, 5) is 4.62. The Morgan fingerprint density at radius 2 is 1.95 bits per heavy atom. The second-order valence-electron chi connectivity index (χ2n) is 4.65. The van der Waals surface area contributed by atoms with E-state index in [1.807, 2.05) is 47.7 Å². The molecule has 0 radical (unpaired) electrons. The summed E-state index contributed by atoms with van der Waals surface area (Å²) in [6.45, 7) is 2.04. The molecule has 0 amide bonds. The van der Waals surface area contributed by atoms with Crippen molar-refractivity contribution in [2.75, 3.05) is 0 Å². The molecule has 20 heavy (non-hydrogen) atoms. The topological polar surface area (TPSA) is 41.1 Å². The summed E-state index contributed by atoms with van der Waals surface area (Å²) >= 11 is 6.24. The highest BCUT2D eigenvalue weighted by Gasteiger charge is 2.15. The van der Waals surface area contributed by atoms with Crippen LogP contribution in [0.25, 0.3) is 16.9 Å². The molecule has 0 aliphatic heterocycles. The van der Waals surface area contributed by atoms with E-state index in [0.29, 0.717) is 5.15 Å². The van der Waals surface area contributed by atoms with E-state index in [1.54, 1.807) is 6.07 Å². The van der Waals surface area contributed by atoms with E-state index in [-0.39, 0.29) is 6.42 Å². The minimum absolute atomic E-state index is 0.272. The zero-order chi connectivity index (χ0) is 14.1. The van der Waals surface area contributed by atoms with E-state index in [1.165, 1.54) is 5.56 Å². The van der Waals surface area contributed by atoms with Gasteiger partial charge >= 0.3 is 0 Å². The quantitative estimate of drug-likeness (QED) is 0.666. The number of aryl methyl sites for hydroxylation is 1. The molecule has 0 bridgehead atoms. The third-order valence-electron chi connectivity index (χ3n) is 3.26. The van der Waals surface area contributed by atoms with Crippen molar-refractivity contribution in [1.29, 1.82) is 5.26 Å². The summed E-state index contributed by atoms with van der Waals surface area (Å²) in [5.41, 5.74) is 4.60. The fraction of sp³-hybridized carbons (Fsp3) is 0.125. The van der Waals surface area contributed by atoms with Crippen molar-refractivity contribution in [2.45, 2.75) is 13.3 Å². The van der Waals surface area contributed by atoms with Crippen LogP contribution < -0.4 is 0 Å². The van der Waals surface area contributed by atoms with Gasteiger partial charge in [-0.3, -0.25) is 4.40 Å². The molecule has 98 valence electrons. The number of rotatable bonds is 2. The van der Waals surface area contributed by atoms with E-state index in [9.17, 15) is 0 Å². The number of hydrogen-bond donors (Lipinski definition) is 0. The lowest BCUT2D eigenvalue weighted by molar-refractivity contribution is 1.06. The first-order valence-corrected chi connectivity index (χ1v) is 6.68. The molecule has 0 saturated carbocycles. The van der Waals surface area contributed by atoms with Gasteiger partial charge in [-0.15, -0.1) is 0 Å². The summed E-state index contributed by atoms with van der Waals surface area (Å²) in [5.74, 6) is 0. The van der Waals surface area contributed by atoms with E-state index in [2.05, 4.69) is 11.1 Å². The average molecular weight is 282 g/mol. The molecular formula is C16H12ClN3. The fourth-order valence-corrected chi connectivity index (χ4v) is 2.55. The molecule has 3 rings (SSSR count). The van der Waals surface area contributed by atoms with Crippen molar-refractivity contribution in [2.24, 2.45) is 0 Å². The third-order valence-corrected chi connectivity index (χ3v) is 3.56. The molecule has 2 aromatic heterocycles. The SMILES string of the molecule is Cc1ccc(-c2nc3cccc(Cl)n3c2CC#N)cc1. The molecule has 0 aliphatic carbocycles. The number of fused-ring (bicyclic) bond motifs is 1. The number of pyridine rings is 1. The normalized spacial score (nSPS) is 10.7. The van der Waals surface area contributed by atoms with Gasteiger partial charge in [0.2, 0.25) is 0 Å². The Kier molecular flexibility index (Phi) is 3.17. The van der Waals surface area contributed by atoms with Crippen LogP contribution in [0.15, 0.2) is 42.5 Å². The van der Waals surface area contributed by atoms with Gasteiger partial charge in [-0.1, -0.05) is 47.5 Å². The van der Waals surface area contributed by atoms with Crippen LogP contribution in [0.1, 0.15) is 11.3 Å². The second-order valence-corrected chi connectivity index (χ2v) is 5.04. The minimum Gasteiger partial charge on any atom is -0.285 e. The minimum atomic E-state index is 0.272. The molecule has 0 atom stereocenters. The van der Waals surface area contributed by atoms with Gasteiger partial charge in [-0.2, -0.15) is 5.26 Å². The van der Waals surface area contributed by atoms with Crippen molar-refractivity contribution >= 4 is 17.2 Å². The number of imidazole rings is 1. The summed E-state index contributed by atoms with van der Waals surface area (Å²) in [5, 5.41) is 9.64. The Bertz CT molecular complexity index is 810. The van der Waals surface area contributed by atoms with Gasteiger partial charge in [-0.25, -0.2) is 4.98 Å². The average Bonchev–Trinajstić information content (AvgIpc) is 2.80. The highest BCUT2D eigenvalue weighted by atomic mass is 35.5. The predicted octanol–water partition coefficient (Wildman–Crippen LogP) is 4.03. The number of nitrogens with zero attached hydrogens (tertiary/aromatic N) is 3. The van der Waals surface area contributed by atoms with Gasteiger partial charge in [0.05, 0.1) is 23.9 Å². The first-order chi connectivity index (χ1) is 9.70. The highest BCUT2D eigenvalue weighted by Crippen LogP contribution is 2.27. The Morgan fingerprint density at radius 1 is 1.20 bits per heavy atom. The molecule has 0 N–H and O–H groups in total. The van der Waals surface area contributed by atoms with Crippen LogP contribution in [0.4, 0.5) is 0 Å². The van der Waals surface area contributed by atoms with Gasteiger partial charge in [-0.05, 0) is 19.1 Å².